The van der Waals surface area contributed by atoms with Crippen LogP contribution in [0.1, 0.15) is 31.0 Å². The van der Waals surface area contributed by atoms with Gasteiger partial charge < -0.3 is 19.9 Å². The van der Waals surface area contributed by atoms with Crippen LogP contribution in [0.2, 0.25) is 10.0 Å². The van der Waals surface area contributed by atoms with Gasteiger partial charge in [0.15, 0.2) is 0 Å². The van der Waals surface area contributed by atoms with E-state index in [0.29, 0.717) is 19.7 Å². The zero-order chi connectivity index (χ0) is 27.7. The first-order valence-electron chi connectivity index (χ1n) is 13.1. The van der Waals surface area contributed by atoms with Gasteiger partial charge >= 0.3 is 0 Å². The molecular weight excluding hydrogens is 561 g/mol. The van der Waals surface area contributed by atoms with Crippen molar-refractivity contribution in [2.75, 3.05) is 39.9 Å². The molecule has 5 rings (SSSR count). The van der Waals surface area contributed by atoms with E-state index >= 15 is 0 Å². The Hall–Kier alpha value is -2.21. The van der Waals surface area contributed by atoms with Gasteiger partial charge in [-0.25, -0.2) is 13.4 Å². The summed E-state index contributed by atoms with van der Waals surface area (Å²) in [6.07, 6.45) is 2.61. The summed E-state index contributed by atoms with van der Waals surface area (Å²) in [7, 11) is -2.27. The monoisotopic (exact) mass is 593 g/mol. The van der Waals surface area contributed by atoms with Crippen LogP contribution in [-0.4, -0.2) is 79.0 Å². The number of aryl methyl sites for hydroxylation is 1. The fourth-order valence-electron chi connectivity index (χ4n) is 5.69. The van der Waals surface area contributed by atoms with Gasteiger partial charge in [0, 0.05) is 63.4 Å². The highest BCUT2D eigenvalue weighted by Crippen LogP contribution is 2.34. The third-order valence-corrected chi connectivity index (χ3v) is 10.2. The molecule has 2 aromatic carbocycles. The number of sulfonamides is 1. The van der Waals surface area contributed by atoms with E-state index in [9.17, 15) is 13.2 Å². The SMILES string of the molecule is COCCCn1c([C@@H]2CCCN(C(=O)[C@@H]3CN(S(=O)(=O)c4cc(Cl)ccc4Cl)CC3N)C2)nc2ccccc21. The summed E-state index contributed by atoms with van der Waals surface area (Å²) in [5, 5.41) is 0.344. The normalized spacial score (nSPS) is 22.6. The van der Waals surface area contributed by atoms with Crippen molar-refractivity contribution in [3.8, 4) is 0 Å². The molecule has 1 unspecified atom stereocenters. The number of hydrogen-bond donors (Lipinski definition) is 1. The lowest BCUT2D eigenvalue weighted by molar-refractivity contribution is -0.136. The van der Waals surface area contributed by atoms with E-state index in [1.165, 1.54) is 22.5 Å². The van der Waals surface area contributed by atoms with E-state index in [0.717, 1.165) is 42.7 Å². The average molecular weight is 595 g/mol. The van der Waals surface area contributed by atoms with Crippen molar-refractivity contribution in [2.45, 2.75) is 42.7 Å². The molecule has 2 fully saturated rings. The van der Waals surface area contributed by atoms with Crippen LogP contribution in [0.25, 0.3) is 11.0 Å². The highest BCUT2D eigenvalue weighted by atomic mass is 35.5. The number of fused-ring (bicyclic) bond motifs is 1. The average Bonchev–Trinajstić information content (AvgIpc) is 3.51. The Morgan fingerprint density at radius 1 is 1.15 bits per heavy atom. The Kier molecular flexibility index (Phi) is 8.51. The number of nitrogens with two attached hydrogens (primary N) is 1. The first-order chi connectivity index (χ1) is 18.7. The standard InChI is InChI=1S/C27H33Cl2N5O4S/c1-38-13-5-12-34-24-8-3-2-7-23(24)31-26(34)18-6-4-11-32(15-18)27(35)20-16-33(17-22(20)30)39(36,37)25-14-19(28)9-10-21(25)29/h2-3,7-10,14,18,20,22H,4-6,11-13,15-17,30H2,1H3/t18-,20-,22?/m1/s1. The molecular formula is C27H33Cl2N5O4S. The van der Waals surface area contributed by atoms with Crippen LogP contribution >= 0.6 is 23.2 Å². The molecule has 210 valence electrons. The van der Waals surface area contributed by atoms with E-state index in [-0.39, 0.29) is 39.9 Å². The zero-order valence-corrected chi connectivity index (χ0v) is 24.1. The Morgan fingerprint density at radius 3 is 2.74 bits per heavy atom. The molecule has 3 atom stereocenters. The van der Waals surface area contributed by atoms with Crippen molar-refractivity contribution >= 4 is 50.2 Å². The third kappa shape index (κ3) is 5.68. The fraction of sp³-hybridized carbons (Fsp3) is 0.481. The zero-order valence-electron chi connectivity index (χ0n) is 21.8. The number of ether oxygens (including phenoxy) is 1. The van der Waals surface area contributed by atoms with Gasteiger partial charge in [-0.2, -0.15) is 4.31 Å². The number of rotatable bonds is 8. The summed E-state index contributed by atoms with van der Waals surface area (Å²) in [5.41, 5.74) is 8.38. The van der Waals surface area contributed by atoms with Gasteiger partial charge in [-0.15, -0.1) is 0 Å². The number of para-hydroxylation sites is 2. The molecule has 0 aliphatic carbocycles. The van der Waals surface area contributed by atoms with E-state index in [1.54, 1.807) is 7.11 Å². The van der Waals surface area contributed by atoms with Crippen molar-refractivity contribution in [1.82, 2.24) is 18.8 Å². The number of aromatic nitrogens is 2. The number of piperidine rings is 1. The smallest absolute Gasteiger partial charge is 0.244 e. The van der Waals surface area contributed by atoms with Gasteiger partial charge in [-0.05, 0) is 49.6 Å². The third-order valence-electron chi connectivity index (χ3n) is 7.67. The van der Waals surface area contributed by atoms with Gasteiger partial charge in [0.2, 0.25) is 15.9 Å². The van der Waals surface area contributed by atoms with Gasteiger partial charge in [0.05, 0.1) is 22.0 Å². The van der Waals surface area contributed by atoms with Crippen LogP contribution in [0.15, 0.2) is 47.4 Å². The lowest BCUT2D eigenvalue weighted by atomic mass is 9.94. The molecule has 3 aromatic rings. The molecule has 2 aliphatic rings. The maximum atomic E-state index is 13.7. The van der Waals surface area contributed by atoms with Crippen molar-refractivity contribution in [3.63, 3.8) is 0 Å². The molecule has 3 heterocycles. The topological polar surface area (TPSA) is 111 Å². The Labute approximate surface area is 238 Å². The molecule has 1 amide bonds. The van der Waals surface area contributed by atoms with Gasteiger partial charge in [0.1, 0.15) is 10.7 Å². The number of halogens is 2. The lowest BCUT2D eigenvalue weighted by Gasteiger charge is -2.35. The molecule has 1 aromatic heterocycles. The minimum atomic E-state index is -3.96. The number of amides is 1. The number of carbonyl (C=O) groups is 1. The number of likely N-dealkylation sites (tertiary alicyclic amines) is 1. The quantitative estimate of drug-likeness (QED) is 0.398. The minimum absolute atomic E-state index is 0.00186. The summed E-state index contributed by atoms with van der Waals surface area (Å²) >= 11 is 12.2. The van der Waals surface area contributed by atoms with Crippen LogP contribution in [0.4, 0.5) is 0 Å². The second kappa shape index (κ2) is 11.7. The van der Waals surface area contributed by atoms with Gasteiger partial charge in [0.25, 0.3) is 0 Å². The van der Waals surface area contributed by atoms with Crippen molar-refractivity contribution in [3.05, 3.63) is 58.3 Å². The maximum absolute atomic E-state index is 13.7. The summed E-state index contributed by atoms with van der Waals surface area (Å²) < 4.78 is 35.5. The van der Waals surface area contributed by atoms with Crippen molar-refractivity contribution < 1.29 is 17.9 Å². The Morgan fingerprint density at radius 2 is 1.95 bits per heavy atom. The van der Waals surface area contributed by atoms with E-state index in [1.807, 2.05) is 23.1 Å². The molecule has 12 heteroatoms. The lowest BCUT2D eigenvalue weighted by Crippen LogP contribution is -2.47. The van der Waals surface area contributed by atoms with Gasteiger partial charge in [-0.3, -0.25) is 4.79 Å². The number of carbonyl (C=O) groups excluding carboxylic acids is 1. The van der Waals surface area contributed by atoms with Crippen LogP contribution in [0.5, 0.6) is 0 Å². The molecule has 0 radical (unpaired) electrons. The first kappa shape index (κ1) is 28.3. The highest BCUT2D eigenvalue weighted by molar-refractivity contribution is 7.89. The molecule has 0 saturated carbocycles. The molecule has 0 bridgehead atoms. The van der Waals surface area contributed by atoms with Crippen LogP contribution in [0.3, 0.4) is 0 Å². The molecule has 39 heavy (non-hydrogen) atoms. The largest absolute Gasteiger partial charge is 0.385 e. The van der Waals surface area contributed by atoms with Crippen molar-refractivity contribution in [2.24, 2.45) is 11.7 Å². The van der Waals surface area contributed by atoms with Crippen LogP contribution in [-0.2, 0) is 26.1 Å². The van der Waals surface area contributed by atoms with Crippen molar-refractivity contribution in [1.29, 1.82) is 0 Å². The fourth-order valence-corrected chi connectivity index (χ4v) is 7.93. The minimum Gasteiger partial charge on any atom is -0.385 e. The Balaban J connectivity index is 1.34. The Bertz CT molecular complexity index is 1460. The number of nitrogens with zero attached hydrogens (tertiary/aromatic N) is 4. The molecule has 0 spiro atoms. The van der Waals surface area contributed by atoms with E-state index < -0.39 is 22.0 Å². The molecule has 2 aliphatic heterocycles. The van der Waals surface area contributed by atoms with E-state index in [2.05, 4.69) is 10.6 Å². The number of methoxy groups -OCH3 is 1. The molecule has 2 N–H and O–H groups in total. The number of hydrogen-bond acceptors (Lipinski definition) is 6. The van der Waals surface area contributed by atoms with Gasteiger partial charge in [-0.1, -0.05) is 35.3 Å². The molecule has 2 saturated heterocycles. The summed E-state index contributed by atoms with van der Waals surface area (Å²) in [6.45, 7) is 2.59. The molecule has 9 nitrogen and oxygen atoms in total. The predicted molar refractivity (Wildman–Crippen MR) is 151 cm³/mol. The number of benzene rings is 2. The highest BCUT2D eigenvalue weighted by Gasteiger charge is 2.44. The summed E-state index contributed by atoms with van der Waals surface area (Å²) in [5.74, 6) is 0.279. The number of imidazole rings is 1. The summed E-state index contributed by atoms with van der Waals surface area (Å²) in [4.78, 5) is 20.4. The van der Waals surface area contributed by atoms with Crippen LogP contribution in [0, 0.1) is 5.92 Å². The van der Waals surface area contributed by atoms with E-state index in [4.69, 9.17) is 38.7 Å². The first-order valence-corrected chi connectivity index (χ1v) is 15.3. The summed E-state index contributed by atoms with van der Waals surface area (Å²) in [6, 6.07) is 11.8. The second-order valence-corrected chi connectivity index (χ2v) is 13.0. The van der Waals surface area contributed by atoms with Crippen LogP contribution < -0.4 is 5.73 Å². The second-order valence-electron chi connectivity index (χ2n) is 10.2. The maximum Gasteiger partial charge on any atom is 0.244 e. The predicted octanol–water partition coefficient (Wildman–Crippen LogP) is 3.73.